The highest BCUT2D eigenvalue weighted by Gasteiger charge is 2.23. The number of para-hydroxylation sites is 1. The number of carbonyl (C=O) groups excluding carboxylic acids is 1. The molecule has 1 saturated heterocycles. The van der Waals surface area contributed by atoms with Crippen molar-refractivity contribution in [3.05, 3.63) is 71.7 Å². The molecule has 0 bridgehead atoms. The van der Waals surface area contributed by atoms with E-state index in [4.69, 9.17) is 0 Å². The fourth-order valence-corrected chi connectivity index (χ4v) is 5.17. The Balaban J connectivity index is 1.47. The minimum Gasteiger partial charge on any atom is -0.356 e. The van der Waals surface area contributed by atoms with E-state index in [1.54, 1.807) is 0 Å². The molecule has 0 saturated carbocycles. The summed E-state index contributed by atoms with van der Waals surface area (Å²) >= 11 is 0. The predicted molar refractivity (Wildman–Crippen MR) is 133 cm³/mol. The zero-order chi connectivity index (χ0) is 23.2. The van der Waals surface area contributed by atoms with Gasteiger partial charge in [0, 0.05) is 55.1 Å². The number of aromatic nitrogens is 1. The molecule has 2 aromatic carbocycles. The van der Waals surface area contributed by atoms with Crippen molar-refractivity contribution in [3.8, 4) is 0 Å². The summed E-state index contributed by atoms with van der Waals surface area (Å²) in [5.74, 6) is -0.334. The smallest absolute Gasteiger partial charge is 0.220 e. The van der Waals surface area contributed by atoms with Crippen LogP contribution in [0.2, 0.25) is 0 Å². The number of fused-ring (bicyclic) bond motifs is 1. The molecule has 2 atom stereocenters. The Kier molecular flexibility index (Phi) is 7.81. The van der Waals surface area contributed by atoms with E-state index in [-0.39, 0.29) is 17.6 Å². The Hall–Kier alpha value is -2.66. The molecule has 5 heteroatoms. The summed E-state index contributed by atoms with van der Waals surface area (Å²) in [4.78, 5) is 15.5. The average molecular weight is 450 g/mol. The van der Waals surface area contributed by atoms with Gasteiger partial charge in [0.2, 0.25) is 5.91 Å². The molecule has 33 heavy (non-hydrogen) atoms. The lowest BCUT2D eigenvalue weighted by Crippen LogP contribution is -2.39. The fraction of sp³-hybridized carbons (Fsp3) is 0.464. The van der Waals surface area contributed by atoms with Crippen molar-refractivity contribution in [2.45, 2.75) is 64.5 Å². The van der Waals surface area contributed by atoms with Gasteiger partial charge in [0.25, 0.3) is 0 Å². The number of likely N-dealkylation sites (tertiary alicyclic amines) is 1. The van der Waals surface area contributed by atoms with Crippen LogP contribution in [-0.4, -0.2) is 41.1 Å². The number of benzene rings is 2. The van der Waals surface area contributed by atoms with Crippen molar-refractivity contribution < 1.29 is 9.18 Å². The molecule has 0 radical (unpaired) electrons. The lowest BCUT2D eigenvalue weighted by atomic mass is 9.88. The average Bonchev–Trinajstić information content (AvgIpc) is 3.21. The van der Waals surface area contributed by atoms with Gasteiger partial charge in [0.05, 0.1) is 0 Å². The minimum atomic E-state index is -0.259. The van der Waals surface area contributed by atoms with Crippen LogP contribution in [-0.2, 0) is 11.3 Å². The van der Waals surface area contributed by atoms with Crippen LogP contribution in [0.3, 0.4) is 0 Å². The molecule has 176 valence electrons. The highest BCUT2D eigenvalue weighted by Crippen LogP contribution is 2.35. The van der Waals surface area contributed by atoms with Gasteiger partial charge >= 0.3 is 0 Å². The molecular weight excluding hydrogens is 413 g/mol. The third-order valence-electron chi connectivity index (χ3n) is 7.08. The number of nitrogens with one attached hydrogen (secondary N) is 1. The molecule has 1 fully saturated rings. The van der Waals surface area contributed by atoms with Crippen LogP contribution in [0.25, 0.3) is 10.9 Å². The summed E-state index contributed by atoms with van der Waals surface area (Å²) < 4.78 is 15.8. The van der Waals surface area contributed by atoms with Gasteiger partial charge in [0.15, 0.2) is 0 Å². The van der Waals surface area contributed by atoms with Crippen LogP contribution in [0.1, 0.15) is 63.0 Å². The molecule has 1 N–H and O–H groups in total. The number of piperidine rings is 1. The Bertz CT molecular complexity index is 1060. The molecule has 4 rings (SSSR count). The molecule has 1 aliphatic heterocycles. The van der Waals surface area contributed by atoms with Crippen LogP contribution in [0.4, 0.5) is 4.39 Å². The molecular formula is C28H36FN3O. The van der Waals surface area contributed by atoms with E-state index in [9.17, 15) is 9.18 Å². The second-order valence-electron chi connectivity index (χ2n) is 9.28. The van der Waals surface area contributed by atoms with Crippen LogP contribution in [0.5, 0.6) is 0 Å². The van der Waals surface area contributed by atoms with E-state index in [2.05, 4.69) is 47.0 Å². The lowest BCUT2D eigenvalue weighted by Gasteiger charge is -2.33. The standard InChI is InChI=1S/C28H36FN3O/c1-3-31-20-26(24-10-4-5-11-27(24)31)25(22-12-14-23(29)15-13-22)19-28(33)30-16-8-18-32-17-7-6-9-21(32)2/h4-5,10-15,20-21,25H,3,6-9,16-19H2,1-2H3,(H,30,33). The van der Waals surface area contributed by atoms with Gasteiger partial charge in [-0.15, -0.1) is 0 Å². The van der Waals surface area contributed by atoms with Crippen molar-refractivity contribution in [1.82, 2.24) is 14.8 Å². The van der Waals surface area contributed by atoms with Gasteiger partial charge < -0.3 is 14.8 Å². The molecule has 0 aliphatic carbocycles. The number of rotatable bonds is 9. The van der Waals surface area contributed by atoms with Crippen LogP contribution in [0.15, 0.2) is 54.7 Å². The quantitative estimate of drug-likeness (QED) is 0.425. The Labute approximate surface area is 196 Å². The van der Waals surface area contributed by atoms with E-state index in [1.165, 1.54) is 37.9 Å². The summed E-state index contributed by atoms with van der Waals surface area (Å²) in [5, 5.41) is 4.29. The summed E-state index contributed by atoms with van der Waals surface area (Å²) in [6.07, 6.45) is 7.35. The first kappa shape index (κ1) is 23.5. The first-order valence-electron chi connectivity index (χ1n) is 12.4. The third kappa shape index (κ3) is 5.64. The first-order valence-corrected chi connectivity index (χ1v) is 12.4. The molecule has 3 aromatic rings. The Morgan fingerprint density at radius 1 is 1.15 bits per heavy atom. The summed E-state index contributed by atoms with van der Waals surface area (Å²) in [7, 11) is 0. The highest BCUT2D eigenvalue weighted by molar-refractivity contribution is 5.86. The molecule has 1 aromatic heterocycles. The maximum absolute atomic E-state index is 13.6. The number of nitrogens with zero attached hydrogens (tertiary/aromatic N) is 2. The minimum absolute atomic E-state index is 0.0457. The SMILES string of the molecule is CCn1cc(C(CC(=O)NCCCN2CCCCC2C)c2ccc(F)cc2)c2ccccc21. The Morgan fingerprint density at radius 2 is 1.94 bits per heavy atom. The van der Waals surface area contributed by atoms with Crippen molar-refractivity contribution >= 4 is 16.8 Å². The topological polar surface area (TPSA) is 37.3 Å². The lowest BCUT2D eigenvalue weighted by molar-refractivity contribution is -0.121. The molecule has 1 amide bonds. The summed E-state index contributed by atoms with van der Waals surface area (Å²) in [6.45, 7) is 8.18. The van der Waals surface area contributed by atoms with Crippen molar-refractivity contribution in [3.63, 3.8) is 0 Å². The molecule has 2 unspecified atom stereocenters. The highest BCUT2D eigenvalue weighted by atomic mass is 19.1. The number of hydrogen-bond donors (Lipinski definition) is 1. The first-order chi connectivity index (χ1) is 16.1. The van der Waals surface area contributed by atoms with E-state index < -0.39 is 0 Å². The molecule has 4 nitrogen and oxygen atoms in total. The molecule has 1 aliphatic rings. The predicted octanol–water partition coefficient (Wildman–Crippen LogP) is 5.70. The largest absolute Gasteiger partial charge is 0.356 e. The zero-order valence-corrected chi connectivity index (χ0v) is 19.9. The number of halogens is 1. The zero-order valence-electron chi connectivity index (χ0n) is 19.9. The second-order valence-corrected chi connectivity index (χ2v) is 9.28. The van der Waals surface area contributed by atoms with Gasteiger partial charge in [-0.1, -0.05) is 36.8 Å². The monoisotopic (exact) mass is 449 g/mol. The maximum Gasteiger partial charge on any atom is 0.220 e. The third-order valence-corrected chi connectivity index (χ3v) is 7.08. The van der Waals surface area contributed by atoms with Crippen LogP contribution in [0, 0.1) is 5.82 Å². The molecule has 0 spiro atoms. The second kappa shape index (κ2) is 11.0. The Morgan fingerprint density at radius 3 is 2.70 bits per heavy atom. The van der Waals surface area contributed by atoms with Crippen molar-refractivity contribution in [2.24, 2.45) is 0 Å². The van der Waals surface area contributed by atoms with E-state index >= 15 is 0 Å². The number of amides is 1. The van der Waals surface area contributed by atoms with Gasteiger partial charge in [-0.3, -0.25) is 4.79 Å². The number of hydrogen-bond acceptors (Lipinski definition) is 2. The van der Waals surface area contributed by atoms with E-state index in [1.807, 2.05) is 24.3 Å². The number of aryl methyl sites for hydroxylation is 1. The van der Waals surface area contributed by atoms with Gasteiger partial charge in [-0.25, -0.2) is 4.39 Å². The van der Waals surface area contributed by atoms with Gasteiger partial charge in [-0.05, 0) is 69.0 Å². The summed E-state index contributed by atoms with van der Waals surface area (Å²) in [5.41, 5.74) is 3.25. The summed E-state index contributed by atoms with van der Waals surface area (Å²) in [6, 6.07) is 15.5. The number of carbonyl (C=O) groups is 1. The normalized spacial score (nSPS) is 17.8. The van der Waals surface area contributed by atoms with Crippen molar-refractivity contribution in [2.75, 3.05) is 19.6 Å². The maximum atomic E-state index is 13.6. The van der Waals surface area contributed by atoms with Gasteiger partial charge in [0.1, 0.15) is 5.82 Å². The van der Waals surface area contributed by atoms with E-state index in [0.717, 1.165) is 41.5 Å². The fourth-order valence-electron chi connectivity index (χ4n) is 5.17. The van der Waals surface area contributed by atoms with Crippen LogP contribution >= 0.6 is 0 Å². The van der Waals surface area contributed by atoms with Gasteiger partial charge in [-0.2, -0.15) is 0 Å². The van der Waals surface area contributed by atoms with E-state index in [0.29, 0.717) is 19.0 Å². The van der Waals surface area contributed by atoms with Crippen LogP contribution < -0.4 is 5.32 Å². The van der Waals surface area contributed by atoms with Crippen molar-refractivity contribution in [1.29, 1.82) is 0 Å². The molecule has 2 heterocycles.